The standard InChI is InChI=1S/C15H21N3O/c1-3-5-6-12(4-2)15(19)18-14-8-7-11(10-16)9-13(14)17/h7-9,12H,3-6,17H2,1-2H3,(H,18,19). The van der Waals surface area contributed by atoms with Crippen LogP contribution in [0.2, 0.25) is 0 Å². The van der Waals surface area contributed by atoms with Gasteiger partial charge in [0, 0.05) is 5.92 Å². The quantitative estimate of drug-likeness (QED) is 0.769. The van der Waals surface area contributed by atoms with E-state index in [9.17, 15) is 4.79 Å². The molecular weight excluding hydrogens is 238 g/mol. The summed E-state index contributed by atoms with van der Waals surface area (Å²) in [6.07, 6.45) is 3.86. The average Bonchev–Trinajstić information content (AvgIpc) is 2.42. The van der Waals surface area contributed by atoms with E-state index in [1.54, 1.807) is 18.2 Å². The molecule has 0 saturated heterocycles. The van der Waals surface area contributed by atoms with E-state index >= 15 is 0 Å². The molecule has 0 aromatic heterocycles. The lowest BCUT2D eigenvalue weighted by Gasteiger charge is -2.15. The minimum atomic E-state index is 0.00681. The molecule has 1 aromatic rings. The maximum absolute atomic E-state index is 12.1. The number of benzene rings is 1. The molecule has 1 atom stereocenters. The second-order valence-electron chi connectivity index (χ2n) is 4.65. The molecule has 0 spiro atoms. The molecule has 0 radical (unpaired) electrons. The van der Waals surface area contributed by atoms with Crippen LogP contribution in [-0.4, -0.2) is 5.91 Å². The van der Waals surface area contributed by atoms with Crippen LogP contribution in [0.3, 0.4) is 0 Å². The van der Waals surface area contributed by atoms with Crippen LogP contribution in [0.15, 0.2) is 18.2 Å². The fourth-order valence-electron chi connectivity index (χ4n) is 1.95. The Hall–Kier alpha value is -2.02. The van der Waals surface area contributed by atoms with Crippen molar-refractivity contribution in [1.82, 2.24) is 0 Å². The first kappa shape index (κ1) is 15.0. The van der Waals surface area contributed by atoms with Gasteiger partial charge in [-0.05, 0) is 31.0 Å². The van der Waals surface area contributed by atoms with E-state index in [1.807, 2.05) is 13.0 Å². The number of nitrogens with one attached hydrogen (secondary N) is 1. The lowest BCUT2D eigenvalue weighted by Crippen LogP contribution is -2.22. The van der Waals surface area contributed by atoms with Gasteiger partial charge < -0.3 is 11.1 Å². The first-order valence-corrected chi connectivity index (χ1v) is 6.72. The number of anilines is 2. The fourth-order valence-corrected chi connectivity index (χ4v) is 1.95. The summed E-state index contributed by atoms with van der Waals surface area (Å²) in [4.78, 5) is 12.1. The van der Waals surface area contributed by atoms with Crippen molar-refractivity contribution in [3.63, 3.8) is 0 Å². The second kappa shape index (κ2) is 7.42. The van der Waals surface area contributed by atoms with Crippen LogP contribution in [0.5, 0.6) is 0 Å². The SMILES string of the molecule is CCCCC(CC)C(=O)Nc1ccc(C#N)cc1N. The monoisotopic (exact) mass is 259 g/mol. The molecule has 0 bridgehead atoms. The Balaban J connectivity index is 2.73. The van der Waals surface area contributed by atoms with Crippen molar-refractivity contribution in [2.24, 2.45) is 5.92 Å². The topological polar surface area (TPSA) is 78.9 Å². The number of rotatable bonds is 6. The predicted molar refractivity (Wildman–Crippen MR) is 77.5 cm³/mol. The number of carbonyl (C=O) groups excluding carboxylic acids is 1. The van der Waals surface area contributed by atoms with Gasteiger partial charge in [-0.15, -0.1) is 0 Å². The Morgan fingerprint density at radius 1 is 1.47 bits per heavy atom. The Morgan fingerprint density at radius 2 is 2.21 bits per heavy atom. The summed E-state index contributed by atoms with van der Waals surface area (Å²) in [6.45, 7) is 4.13. The Bertz CT molecular complexity index is 477. The molecule has 1 aromatic carbocycles. The summed E-state index contributed by atoms with van der Waals surface area (Å²) in [7, 11) is 0. The van der Waals surface area contributed by atoms with E-state index in [2.05, 4.69) is 12.2 Å². The molecule has 3 N–H and O–H groups in total. The van der Waals surface area contributed by atoms with Gasteiger partial charge >= 0.3 is 0 Å². The van der Waals surface area contributed by atoms with Gasteiger partial charge in [0.1, 0.15) is 0 Å². The molecule has 1 amide bonds. The van der Waals surface area contributed by atoms with Crippen molar-refractivity contribution in [3.05, 3.63) is 23.8 Å². The van der Waals surface area contributed by atoms with E-state index in [0.717, 1.165) is 25.7 Å². The van der Waals surface area contributed by atoms with Gasteiger partial charge in [-0.3, -0.25) is 4.79 Å². The zero-order valence-electron chi connectivity index (χ0n) is 11.6. The Kier molecular flexibility index (Phi) is 5.87. The van der Waals surface area contributed by atoms with Crippen molar-refractivity contribution in [2.45, 2.75) is 39.5 Å². The first-order chi connectivity index (χ1) is 9.12. The zero-order valence-corrected chi connectivity index (χ0v) is 11.6. The highest BCUT2D eigenvalue weighted by Gasteiger charge is 2.16. The molecule has 19 heavy (non-hydrogen) atoms. The molecule has 0 aliphatic carbocycles. The highest BCUT2D eigenvalue weighted by Crippen LogP contribution is 2.22. The smallest absolute Gasteiger partial charge is 0.227 e. The third-order valence-electron chi connectivity index (χ3n) is 3.21. The Morgan fingerprint density at radius 3 is 2.74 bits per heavy atom. The summed E-state index contributed by atoms with van der Waals surface area (Å²) in [5, 5.41) is 11.6. The molecule has 0 aliphatic rings. The van der Waals surface area contributed by atoms with Crippen LogP contribution in [0.1, 0.15) is 45.1 Å². The lowest BCUT2D eigenvalue weighted by atomic mass is 9.98. The zero-order chi connectivity index (χ0) is 14.3. The predicted octanol–water partition coefficient (Wildman–Crippen LogP) is 3.30. The van der Waals surface area contributed by atoms with Crippen LogP contribution >= 0.6 is 0 Å². The second-order valence-corrected chi connectivity index (χ2v) is 4.65. The minimum absolute atomic E-state index is 0.00681. The van der Waals surface area contributed by atoms with E-state index in [4.69, 9.17) is 11.0 Å². The number of nitrogen functional groups attached to an aromatic ring is 1. The maximum Gasteiger partial charge on any atom is 0.227 e. The molecule has 0 fully saturated rings. The van der Waals surface area contributed by atoms with E-state index in [0.29, 0.717) is 16.9 Å². The molecule has 1 unspecified atom stereocenters. The maximum atomic E-state index is 12.1. The molecule has 0 aliphatic heterocycles. The highest BCUT2D eigenvalue weighted by molar-refractivity contribution is 5.95. The summed E-state index contributed by atoms with van der Waals surface area (Å²) in [6, 6.07) is 6.92. The molecular formula is C15H21N3O. The summed E-state index contributed by atoms with van der Waals surface area (Å²) < 4.78 is 0. The number of unbranched alkanes of at least 4 members (excludes halogenated alkanes) is 1. The Labute approximate surface area is 114 Å². The van der Waals surface area contributed by atoms with Gasteiger partial charge in [-0.2, -0.15) is 5.26 Å². The third kappa shape index (κ3) is 4.29. The molecule has 102 valence electrons. The number of amides is 1. The van der Waals surface area contributed by atoms with Crippen molar-refractivity contribution in [3.8, 4) is 6.07 Å². The molecule has 0 saturated carbocycles. The minimum Gasteiger partial charge on any atom is -0.397 e. The van der Waals surface area contributed by atoms with Gasteiger partial charge in [0.05, 0.1) is 23.0 Å². The van der Waals surface area contributed by atoms with Crippen LogP contribution in [0.25, 0.3) is 0 Å². The van der Waals surface area contributed by atoms with E-state index in [1.165, 1.54) is 0 Å². The van der Waals surface area contributed by atoms with Crippen molar-refractivity contribution < 1.29 is 4.79 Å². The number of nitrogens with two attached hydrogens (primary N) is 1. The third-order valence-corrected chi connectivity index (χ3v) is 3.21. The van der Waals surface area contributed by atoms with Gasteiger partial charge in [0.15, 0.2) is 0 Å². The number of hydrogen-bond donors (Lipinski definition) is 2. The van der Waals surface area contributed by atoms with Gasteiger partial charge in [-0.1, -0.05) is 26.7 Å². The molecule has 1 rings (SSSR count). The summed E-state index contributed by atoms with van der Waals surface area (Å²) in [5.41, 5.74) is 7.33. The van der Waals surface area contributed by atoms with Crippen LogP contribution in [0, 0.1) is 17.2 Å². The molecule has 0 heterocycles. The summed E-state index contributed by atoms with van der Waals surface area (Å²) in [5.74, 6) is 0.0300. The van der Waals surface area contributed by atoms with Crippen LogP contribution < -0.4 is 11.1 Å². The number of carbonyl (C=O) groups is 1. The van der Waals surface area contributed by atoms with Gasteiger partial charge in [0.25, 0.3) is 0 Å². The number of nitriles is 1. The molecule has 4 nitrogen and oxygen atoms in total. The van der Waals surface area contributed by atoms with Crippen molar-refractivity contribution >= 4 is 17.3 Å². The van der Waals surface area contributed by atoms with Gasteiger partial charge in [-0.25, -0.2) is 0 Å². The summed E-state index contributed by atoms with van der Waals surface area (Å²) >= 11 is 0. The fraction of sp³-hybridized carbons (Fsp3) is 0.467. The van der Waals surface area contributed by atoms with Gasteiger partial charge in [0.2, 0.25) is 5.91 Å². The van der Waals surface area contributed by atoms with Crippen LogP contribution in [-0.2, 0) is 4.79 Å². The normalized spacial score (nSPS) is 11.6. The molecule has 4 heteroatoms. The number of nitrogens with zero attached hydrogens (tertiary/aromatic N) is 1. The van der Waals surface area contributed by atoms with Crippen molar-refractivity contribution in [1.29, 1.82) is 5.26 Å². The highest BCUT2D eigenvalue weighted by atomic mass is 16.1. The largest absolute Gasteiger partial charge is 0.397 e. The van der Waals surface area contributed by atoms with Crippen LogP contribution in [0.4, 0.5) is 11.4 Å². The lowest BCUT2D eigenvalue weighted by molar-refractivity contribution is -0.120. The van der Waals surface area contributed by atoms with E-state index in [-0.39, 0.29) is 11.8 Å². The average molecular weight is 259 g/mol. The van der Waals surface area contributed by atoms with Crippen molar-refractivity contribution in [2.75, 3.05) is 11.1 Å². The van der Waals surface area contributed by atoms with E-state index < -0.39 is 0 Å². The first-order valence-electron chi connectivity index (χ1n) is 6.72. The number of hydrogen-bond acceptors (Lipinski definition) is 3.